The zero-order valence-corrected chi connectivity index (χ0v) is 18.9. The molecule has 1 heterocycles. The molecule has 3 N–H and O–H groups in total. The Morgan fingerprint density at radius 1 is 1.16 bits per heavy atom. The zero-order chi connectivity index (χ0) is 23.1. The fourth-order valence-electron chi connectivity index (χ4n) is 2.81. The molecule has 3 rings (SSSR count). The highest BCUT2D eigenvalue weighted by atomic mass is 32.1. The van der Waals surface area contributed by atoms with Gasteiger partial charge in [0.2, 0.25) is 0 Å². The summed E-state index contributed by atoms with van der Waals surface area (Å²) >= 11 is 1.20. The molecule has 0 saturated heterocycles. The summed E-state index contributed by atoms with van der Waals surface area (Å²) in [5, 5.41) is 4.88. The van der Waals surface area contributed by atoms with Crippen molar-refractivity contribution in [1.82, 2.24) is 4.98 Å². The number of hydrogen-bond acceptors (Lipinski definition) is 7. The van der Waals surface area contributed by atoms with E-state index in [0.29, 0.717) is 35.8 Å². The number of thiazole rings is 1. The van der Waals surface area contributed by atoms with Gasteiger partial charge in [-0.15, -0.1) is 0 Å². The average molecular weight is 456 g/mol. The quantitative estimate of drug-likeness (QED) is 0.489. The number of nitrogens with two attached hydrogens (primary N) is 1. The minimum Gasteiger partial charge on any atom is -0.493 e. The molecule has 168 valence electrons. The highest BCUT2D eigenvalue weighted by Crippen LogP contribution is 2.24. The van der Waals surface area contributed by atoms with Crippen LogP contribution in [-0.4, -0.2) is 29.7 Å². The van der Waals surface area contributed by atoms with Crippen LogP contribution in [0.1, 0.15) is 35.5 Å². The van der Waals surface area contributed by atoms with E-state index in [1.807, 2.05) is 32.9 Å². The van der Waals surface area contributed by atoms with Gasteiger partial charge in [0.1, 0.15) is 11.5 Å². The molecule has 0 bridgehead atoms. The normalized spacial score (nSPS) is 10.6. The summed E-state index contributed by atoms with van der Waals surface area (Å²) in [6.07, 6.45) is -0.380. The Labute approximate surface area is 190 Å². The van der Waals surface area contributed by atoms with E-state index < -0.39 is 6.09 Å². The van der Waals surface area contributed by atoms with Crippen molar-refractivity contribution in [2.45, 2.75) is 33.3 Å². The molecule has 2 amide bonds. The van der Waals surface area contributed by atoms with Gasteiger partial charge in [0.05, 0.1) is 24.0 Å². The molecule has 32 heavy (non-hydrogen) atoms. The maximum absolute atomic E-state index is 12.7. The number of benzene rings is 2. The first kappa shape index (κ1) is 23.1. The number of hydrogen-bond donors (Lipinski definition) is 2. The summed E-state index contributed by atoms with van der Waals surface area (Å²) in [5.41, 5.74) is 7.85. The van der Waals surface area contributed by atoms with E-state index >= 15 is 0 Å². The molecule has 0 spiro atoms. The Morgan fingerprint density at radius 2 is 1.91 bits per heavy atom. The van der Waals surface area contributed by atoms with Crippen molar-refractivity contribution in [3.8, 4) is 16.7 Å². The third-order valence-corrected chi connectivity index (χ3v) is 4.97. The number of ether oxygens (including phenoxy) is 3. The van der Waals surface area contributed by atoms with Crippen LogP contribution in [0.5, 0.6) is 16.7 Å². The van der Waals surface area contributed by atoms with E-state index in [2.05, 4.69) is 10.3 Å². The number of nitrogens with zero attached hydrogens (tertiary/aromatic N) is 1. The van der Waals surface area contributed by atoms with Crippen molar-refractivity contribution in [2.24, 2.45) is 5.73 Å². The number of amides is 2. The van der Waals surface area contributed by atoms with Crippen LogP contribution in [0.3, 0.4) is 0 Å². The number of aromatic nitrogens is 1. The molecule has 0 atom stereocenters. The monoisotopic (exact) mass is 455 g/mol. The van der Waals surface area contributed by atoms with Crippen LogP contribution in [0.4, 0.5) is 10.5 Å². The van der Waals surface area contributed by atoms with Gasteiger partial charge in [-0.1, -0.05) is 17.4 Å². The molecule has 0 aliphatic carbocycles. The summed E-state index contributed by atoms with van der Waals surface area (Å²) in [6, 6.07) is 12.6. The van der Waals surface area contributed by atoms with Crippen LogP contribution < -0.4 is 25.3 Å². The molecule has 0 unspecified atom stereocenters. The molecule has 0 aliphatic heterocycles. The van der Waals surface area contributed by atoms with Gasteiger partial charge in [0.25, 0.3) is 11.1 Å². The van der Waals surface area contributed by atoms with Gasteiger partial charge in [-0.25, -0.2) is 9.78 Å². The molecule has 8 nitrogen and oxygen atoms in total. The van der Waals surface area contributed by atoms with Crippen molar-refractivity contribution in [3.05, 3.63) is 64.7 Å². The van der Waals surface area contributed by atoms with Crippen molar-refractivity contribution in [1.29, 1.82) is 0 Å². The maximum Gasteiger partial charge on any atom is 0.411 e. The Morgan fingerprint density at radius 3 is 2.59 bits per heavy atom. The van der Waals surface area contributed by atoms with Crippen molar-refractivity contribution in [2.75, 3.05) is 11.9 Å². The number of aryl methyl sites for hydroxylation is 1. The summed E-state index contributed by atoms with van der Waals surface area (Å²) in [7, 11) is 0. The Hall–Kier alpha value is -3.59. The first-order valence-electron chi connectivity index (χ1n) is 10.0. The predicted octanol–water partition coefficient (Wildman–Crippen LogP) is 4.57. The number of rotatable bonds is 9. The molecule has 0 fully saturated rings. The SMILES string of the molecule is Cc1ccc(C(=O)Nc2ccc(OCCc3csc(OC(N)=O)n3)cc2)c(OC(C)C)c1. The highest BCUT2D eigenvalue weighted by molar-refractivity contribution is 7.11. The van der Waals surface area contributed by atoms with Gasteiger partial charge in [0, 0.05) is 17.5 Å². The minimum atomic E-state index is -0.889. The second-order valence-electron chi connectivity index (χ2n) is 7.27. The van der Waals surface area contributed by atoms with Crippen LogP contribution in [0.15, 0.2) is 47.8 Å². The second-order valence-corrected chi connectivity index (χ2v) is 8.09. The van der Waals surface area contributed by atoms with Crippen LogP contribution in [0, 0.1) is 6.92 Å². The van der Waals surface area contributed by atoms with Crippen molar-refractivity contribution in [3.63, 3.8) is 0 Å². The number of primary amides is 1. The lowest BCUT2D eigenvalue weighted by atomic mass is 10.1. The maximum atomic E-state index is 12.7. The number of nitrogens with one attached hydrogen (secondary N) is 1. The fourth-order valence-corrected chi connectivity index (χ4v) is 3.52. The third kappa shape index (κ3) is 6.71. The Kier molecular flexibility index (Phi) is 7.67. The molecular formula is C23H25N3O5S. The van der Waals surface area contributed by atoms with Crippen LogP contribution in [0.2, 0.25) is 0 Å². The molecule has 0 aliphatic rings. The molecule has 0 saturated carbocycles. The first-order valence-corrected chi connectivity index (χ1v) is 10.9. The molecule has 1 aromatic heterocycles. The van der Waals surface area contributed by atoms with Crippen molar-refractivity contribution >= 4 is 29.0 Å². The summed E-state index contributed by atoms with van der Waals surface area (Å²) in [4.78, 5) is 27.6. The number of carbonyl (C=O) groups excluding carboxylic acids is 2. The minimum absolute atomic E-state index is 0.0358. The highest BCUT2D eigenvalue weighted by Gasteiger charge is 2.14. The fraction of sp³-hybridized carbons (Fsp3) is 0.261. The van der Waals surface area contributed by atoms with Crippen LogP contribution in [0.25, 0.3) is 0 Å². The van der Waals surface area contributed by atoms with Gasteiger partial charge in [-0.05, 0) is 62.7 Å². The van der Waals surface area contributed by atoms with E-state index in [1.165, 1.54) is 11.3 Å². The lowest BCUT2D eigenvalue weighted by Gasteiger charge is -2.15. The standard InChI is InChI=1S/C23H25N3O5S/c1-14(2)30-20-12-15(3)4-9-19(20)21(27)25-16-5-7-18(8-6-16)29-11-10-17-13-32-23(26-17)31-22(24)28/h4-9,12-14H,10-11H2,1-3H3,(H2,24,28)(H,25,27). The summed E-state index contributed by atoms with van der Waals surface area (Å²) < 4.78 is 16.2. The largest absolute Gasteiger partial charge is 0.493 e. The van der Waals surface area contributed by atoms with Gasteiger partial charge in [0.15, 0.2) is 0 Å². The number of carbonyl (C=O) groups is 2. The lowest BCUT2D eigenvalue weighted by molar-refractivity contribution is 0.102. The molecule has 2 aromatic carbocycles. The molecule has 9 heteroatoms. The van der Waals surface area contributed by atoms with E-state index in [0.717, 1.165) is 11.3 Å². The topological polar surface area (TPSA) is 113 Å². The van der Waals surface area contributed by atoms with E-state index in [-0.39, 0.29) is 17.2 Å². The average Bonchev–Trinajstić information content (AvgIpc) is 3.15. The van der Waals surface area contributed by atoms with Crippen LogP contribution >= 0.6 is 11.3 Å². The second kappa shape index (κ2) is 10.6. The van der Waals surface area contributed by atoms with Gasteiger partial charge in [-0.2, -0.15) is 0 Å². The van der Waals surface area contributed by atoms with E-state index in [1.54, 1.807) is 35.7 Å². The predicted molar refractivity (Wildman–Crippen MR) is 123 cm³/mol. The molecular weight excluding hydrogens is 430 g/mol. The Balaban J connectivity index is 1.54. The summed E-state index contributed by atoms with van der Waals surface area (Å²) in [5.74, 6) is 0.974. The Bertz CT molecular complexity index is 1080. The van der Waals surface area contributed by atoms with E-state index in [4.69, 9.17) is 19.9 Å². The summed E-state index contributed by atoms with van der Waals surface area (Å²) in [6.45, 7) is 6.19. The molecule has 0 radical (unpaired) electrons. The van der Waals surface area contributed by atoms with Gasteiger partial charge >= 0.3 is 6.09 Å². The lowest BCUT2D eigenvalue weighted by Crippen LogP contribution is -2.16. The third-order valence-electron chi connectivity index (χ3n) is 4.20. The van der Waals surface area contributed by atoms with Gasteiger partial charge in [-0.3, -0.25) is 4.79 Å². The first-order chi connectivity index (χ1) is 15.3. The number of anilines is 1. The van der Waals surface area contributed by atoms with Crippen molar-refractivity contribution < 1.29 is 23.8 Å². The van der Waals surface area contributed by atoms with E-state index in [9.17, 15) is 9.59 Å². The molecule has 3 aromatic rings. The van der Waals surface area contributed by atoms with Gasteiger partial charge < -0.3 is 25.3 Å². The smallest absolute Gasteiger partial charge is 0.411 e. The zero-order valence-electron chi connectivity index (χ0n) is 18.1. The van der Waals surface area contributed by atoms with Crippen LogP contribution in [-0.2, 0) is 6.42 Å².